The number of aromatic nitrogens is 2. The van der Waals surface area contributed by atoms with E-state index in [1.807, 2.05) is 12.3 Å². The lowest BCUT2D eigenvalue weighted by Gasteiger charge is -2.38. The highest BCUT2D eigenvalue weighted by molar-refractivity contribution is 7.17. The fourth-order valence-corrected chi connectivity index (χ4v) is 4.92. The number of fused-ring (bicyclic) bond motifs is 4. The number of nitrogens with zero attached hydrogens (tertiary/aromatic N) is 3. The molecule has 1 atom stereocenters. The predicted molar refractivity (Wildman–Crippen MR) is 84.0 cm³/mol. The van der Waals surface area contributed by atoms with Gasteiger partial charge in [0.25, 0.3) is 5.91 Å². The third-order valence-electron chi connectivity index (χ3n) is 4.79. The Morgan fingerprint density at radius 1 is 1.43 bits per heavy atom. The molecule has 4 heterocycles. The second-order valence-corrected chi connectivity index (χ2v) is 7.13. The molecule has 3 aliphatic rings. The number of aliphatic carboxylic acids is 1. The van der Waals surface area contributed by atoms with E-state index in [1.165, 1.54) is 21.9 Å². The van der Waals surface area contributed by atoms with E-state index in [0.29, 0.717) is 12.0 Å². The molecule has 2 aliphatic heterocycles. The molecule has 0 bridgehead atoms. The van der Waals surface area contributed by atoms with Crippen LogP contribution in [0, 0.1) is 0 Å². The first-order valence-corrected chi connectivity index (χ1v) is 8.43. The second-order valence-electron chi connectivity index (χ2n) is 6.06. The van der Waals surface area contributed by atoms with E-state index in [9.17, 15) is 9.59 Å². The topological polar surface area (TPSA) is 74.9 Å². The van der Waals surface area contributed by atoms with Crippen LogP contribution in [0.4, 0.5) is 0 Å². The van der Waals surface area contributed by atoms with E-state index in [4.69, 9.17) is 5.11 Å². The fraction of sp³-hybridized carbons (Fsp3) is 0.312. The van der Waals surface area contributed by atoms with Gasteiger partial charge in [0.15, 0.2) is 4.96 Å². The van der Waals surface area contributed by atoms with Gasteiger partial charge in [0.2, 0.25) is 0 Å². The van der Waals surface area contributed by atoms with Crippen molar-refractivity contribution in [2.75, 3.05) is 0 Å². The number of β-lactam (4-membered cyclic amide) rings is 1. The molecule has 1 amide bonds. The lowest BCUT2D eigenvalue weighted by atomic mass is 9.94. The zero-order valence-electron chi connectivity index (χ0n) is 12.2. The Labute approximate surface area is 135 Å². The van der Waals surface area contributed by atoms with Crippen LogP contribution in [0.25, 0.3) is 11.0 Å². The summed E-state index contributed by atoms with van der Waals surface area (Å²) in [5.41, 5.74) is 2.87. The Bertz CT molecular complexity index is 949. The van der Waals surface area contributed by atoms with Crippen molar-refractivity contribution in [2.45, 2.75) is 31.7 Å². The van der Waals surface area contributed by atoms with Crippen molar-refractivity contribution >= 4 is 34.3 Å². The minimum Gasteiger partial charge on any atom is -0.477 e. The summed E-state index contributed by atoms with van der Waals surface area (Å²) >= 11 is 1.72. The van der Waals surface area contributed by atoms with Crippen LogP contribution in [-0.2, 0) is 22.4 Å². The molecule has 1 saturated heterocycles. The monoisotopic (exact) mass is 327 g/mol. The normalized spacial score (nSPS) is 24.1. The molecule has 6 nitrogen and oxygen atoms in total. The van der Waals surface area contributed by atoms with Crippen molar-refractivity contribution in [1.29, 1.82) is 0 Å². The molecule has 2 aromatic rings. The van der Waals surface area contributed by atoms with Crippen molar-refractivity contribution in [3.8, 4) is 0 Å². The van der Waals surface area contributed by atoms with Gasteiger partial charge < -0.3 is 5.11 Å². The van der Waals surface area contributed by atoms with E-state index in [0.717, 1.165) is 23.5 Å². The number of carboxylic acid groups (broad SMARTS) is 1. The molecule has 2 aromatic heterocycles. The first-order chi connectivity index (χ1) is 11.1. The van der Waals surface area contributed by atoms with E-state index in [2.05, 4.69) is 9.38 Å². The van der Waals surface area contributed by atoms with Gasteiger partial charge in [0.05, 0.1) is 11.7 Å². The Hall–Kier alpha value is -2.41. The summed E-state index contributed by atoms with van der Waals surface area (Å²) in [5, 5.41) is 9.09. The average Bonchev–Trinajstić information content (AvgIpc) is 3.23. The summed E-state index contributed by atoms with van der Waals surface area (Å²) < 4.78 is 2.13. The Morgan fingerprint density at radius 2 is 2.30 bits per heavy atom. The summed E-state index contributed by atoms with van der Waals surface area (Å²) in [5.74, 6) is -1.26. The molecule has 116 valence electrons. The fourth-order valence-electron chi connectivity index (χ4n) is 3.73. The Kier molecular flexibility index (Phi) is 2.45. The number of carbonyl (C=O) groups excluding carboxylic acids is 1. The molecule has 1 N–H and O–H groups in total. The molecule has 1 unspecified atom stereocenters. The predicted octanol–water partition coefficient (Wildman–Crippen LogP) is 1.85. The van der Waals surface area contributed by atoms with Crippen molar-refractivity contribution in [2.24, 2.45) is 0 Å². The quantitative estimate of drug-likeness (QED) is 0.675. The van der Waals surface area contributed by atoms with Crippen LogP contribution < -0.4 is 0 Å². The van der Waals surface area contributed by atoms with Crippen LogP contribution in [0.3, 0.4) is 0 Å². The number of amides is 1. The summed E-state index contributed by atoms with van der Waals surface area (Å²) in [4.78, 5) is 31.7. The largest absolute Gasteiger partial charge is 0.477 e. The smallest absolute Gasteiger partial charge is 0.352 e. The molecule has 0 spiro atoms. The highest BCUT2D eigenvalue weighted by atomic mass is 32.1. The Balaban J connectivity index is 1.48. The number of hydrogen-bond donors (Lipinski definition) is 1. The van der Waals surface area contributed by atoms with E-state index >= 15 is 0 Å². The zero-order chi connectivity index (χ0) is 15.7. The number of imidazole rings is 1. The maximum Gasteiger partial charge on any atom is 0.352 e. The van der Waals surface area contributed by atoms with Crippen LogP contribution in [0.5, 0.6) is 0 Å². The number of carbonyl (C=O) groups is 2. The summed E-state index contributed by atoms with van der Waals surface area (Å²) in [6.45, 7) is 0. The number of thiazole rings is 1. The highest BCUT2D eigenvalue weighted by Crippen LogP contribution is 2.39. The number of hydrogen-bond acceptors (Lipinski definition) is 4. The van der Waals surface area contributed by atoms with Crippen molar-refractivity contribution in [3.63, 3.8) is 0 Å². The van der Waals surface area contributed by atoms with Crippen LogP contribution >= 0.6 is 11.3 Å². The third kappa shape index (κ3) is 1.65. The zero-order valence-corrected chi connectivity index (χ0v) is 13.0. The third-order valence-corrected chi connectivity index (χ3v) is 5.95. The number of aryl methyl sites for hydroxylation is 2. The van der Waals surface area contributed by atoms with Crippen LogP contribution in [-0.4, -0.2) is 37.3 Å². The van der Waals surface area contributed by atoms with Gasteiger partial charge in [-0.05, 0) is 31.8 Å². The van der Waals surface area contributed by atoms with E-state index < -0.39 is 5.97 Å². The van der Waals surface area contributed by atoms with Gasteiger partial charge in [-0.15, -0.1) is 11.3 Å². The van der Waals surface area contributed by atoms with Crippen molar-refractivity contribution < 1.29 is 14.7 Å². The van der Waals surface area contributed by atoms with Crippen LogP contribution in [0.2, 0.25) is 0 Å². The van der Waals surface area contributed by atoms with Crippen molar-refractivity contribution in [3.05, 3.63) is 39.8 Å². The van der Waals surface area contributed by atoms with Crippen molar-refractivity contribution in [1.82, 2.24) is 14.3 Å². The van der Waals surface area contributed by atoms with Gasteiger partial charge in [-0.1, -0.05) is 6.08 Å². The number of rotatable bonds is 2. The molecule has 5 rings (SSSR count). The van der Waals surface area contributed by atoms with Gasteiger partial charge in [-0.2, -0.15) is 0 Å². The highest BCUT2D eigenvalue weighted by Gasteiger charge is 2.48. The standard InChI is InChI=1S/C16H13N3O3S/c20-14-9(10-4-5-12(15(21)22)19(10)14)6-8-7-18-11-2-1-3-13(11)23-16(18)17-8/h5-7,10H,1-4H2,(H,21,22)/b9-6+. The molecule has 0 radical (unpaired) electrons. The summed E-state index contributed by atoms with van der Waals surface area (Å²) in [6.07, 6.45) is 9.40. The molecule has 1 fully saturated rings. The molecule has 23 heavy (non-hydrogen) atoms. The minimum atomic E-state index is -1.04. The average molecular weight is 327 g/mol. The van der Waals surface area contributed by atoms with Gasteiger partial charge in [-0.25, -0.2) is 9.78 Å². The summed E-state index contributed by atoms with van der Waals surface area (Å²) in [6, 6.07) is -0.140. The van der Waals surface area contributed by atoms with Gasteiger partial charge >= 0.3 is 5.97 Å². The van der Waals surface area contributed by atoms with E-state index in [1.54, 1.807) is 17.4 Å². The SMILES string of the molecule is O=C(O)C1=CCC2/C(=C\c3cn4c5c(sc4n3)CCC5)C(=O)N12. The molecule has 0 aromatic carbocycles. The first-order valence-electron chi connectivity index (χ1n) is 7.62. The lowest BCUT2D eigenvalue weighted by Crippen LogP contribution is -2.52. The first kappa shape index (κ1) is 13.1. The van der Waals surface area contributed by atoms with Crippen LogP contribution in [0.15, 0.2) is 23.5 Å². The summed E-state index contributed by atoms with van der Waals surface area (Å²) in [7, 11) is 0. The van der Waals surface area contributed by atoms with Crippen LogP contribution in [0.1, 0.15) is 29.1 Å². The molecular formula is C16H13N3O3S. The second kappa shape index (κ2) is 4.32. The molecule has 1 aliphatic carbocycles. The van der Waals surface area contributed by atoms with Gasteiger partial charge in [0, 0.05) is 22.3 Å². The number of carboxylic acids is 1. The maximum atomic E-state index is 12.2. The van der Waals surface area contributed by atoms with E-state index in [-0.39, 0.29) is 17.6 Å². The van der Waals surface area contributed by atoms with Gasteiger partial charge in [0.1, 0.15) is 5.70 Å². The minimum absolute atomic E-state index is 0.0980. The molecule has 0 saturated carbocycles. The maximum absolute atomic E-state index is 12.2. The lowest BCUT2D eigenvalue weighted by molar-refractivity contribution is -0.142. The molecular weight excluding hydrogens is 314 g/mol. The Morgan fingerprint density at radius 3 is 3.13 bits per heavy atom. The molecule has 7 heteroatoms. The van der Waals surface area contributed by atoms with Gasteiger partial charge in [-0.3, -0.25) is 14.1 Å².